The van der Waals surface area contributed by atoms with Gasteiger partial charge in [0.1, 0.15) is 0 Å². The van der Waals surface area contributed by atoms with Gasteiger partial charge in [-0.25, -0.2) is 0 Å². The monoisotopic (exact) mass is 288 g/mol. The molecule has 0 saturated heterocycles. The smallest absolute Gasteiger partial charge is 0.306 e. The van der Waals surface area contributed by atoms with Gasteiger partial charge < -0.3 is 15.0 Å². The predicted molar refractivity (Wildman–Crippen MR) is 82.1 cm³/mol. The number of esters is 1. The standard InChI is InChI=1S/C16H20N2O3/c1-10-7-11-8-12(5-6-13(11)17-10)18-15(20)16(2,3)9-14(19)21-4/h5-8,17H,9H2,1-4H3,(H,18,20). The van der Waals surface area contributed by atoms with Crippen LogP contribution >= 0.6 is 0 Å². The van der Waals surface area contributed by atoms with Crippen LogP contribution < -0.4 is 5.32 Å². The van der Waals surface area contributed by atoms with E-state index in [1.54, 1.807) is 13.8 Å². The van der Waals surface area contributed by atoms with Crippen molar-refractivity contribution >= 4 is 28.5 Å². The summed E-state index contributed by atoms with van der Waals surface area (Å²) in [6.45, 7) is 5.42. The first-order chi connectivity index (χ1) is 9.81. The number of aromatic amines is 1. The van der Waals surface area contributed by atoms with Gasteiger partial charge >= 0.3 is 5.97 Å². The fourth-order valence-corrected chi connectivity index (χ4v) is 2.17. The Hall–Kier alpha value is -2.30. The third-order valence-electron chi connectivity index (χ3n) is 3.44. The first kappa shape index (κ1) is 15.1. The zero-order valence-corrected chi connectivity index (χ0v) is 12.7. The third-order valence-corrected chi connectivity index (χ3v) is 3.44. The van der Waals surface area contributed by atoms with Crippen LogP contribution in [0.15, 0.2) is 24.3 Å². The van der Waals surface area contributed by atoms with Crippen molar-refractivity contribution in [2.75, 3.05) is 12.4 Å². The molecule has 1 aromatic heterocycles. The van der Waals surface area contributed by atoms with Crippen molar-refractivity contribution < 1.29 is 14.3 Å². The molecule has 0 aliphatic rings. The number of ether oxygens (including phenoxy) is 1. The summed E-state index contributed by atoms with van der Waals surface area (Å²) in [5.41, 5.74) is 1.99. The quantitative estimate of drug-likeness (QED) is 0.850. The van der Waals surface area contributed by atoms with E-state index in [0.717, 1.165) is 16.6 Å². The molecule has 2 N–H and O–H groups in total. The minimum Gasteiger partial charge on any atom is -0.469 e. The Morgan fingerprint density at radius 3 is 2.67 bits per heavy atom. The van der Waals surface area contributed by atoms with Crippen molar-refractivity contribution in [2.45, 2.75) is 27.2 Å². The van der Waals surface area contributed by atoms with Crippen LogP contribution in [0.4, 0.5) is 5.69 Å². The van der Waals surface area contributed by atoms with Crippen LogP contribution in [0.1, 0.15) is 26.0 Å². The van der Waals surface area contributed by atoms with Gasteiger partial charge in [-0.15, -0.1) is 0 Å². The van der Waals surface area contributed by atoms with Crippen LogP contribution in [0, 0.1) is 12.3 Å². The van der Waals surface area contributed by atoms with E-state index in [0.29, 0.717) is 5.69 Å². The summed E-state index contributed by atoms with van der Waals surface area (Å²) in [7, 11) is 1.32. The summed E-state index contributed by atoms with van der Waals surface area (Å²) in [5, 5.41) is 3.89. The highest BCUT2D eigenvalue weighted by molar-refractivity contribution is 5.98. The van der Waals surface area contributed by atoms with E-state index in [1.807, 2.05) is 31.2 Å². The molecular formula is C16H20N2O3. The molecule has 112 valence electrons. The number of methoxy groups -OCH3 is 1. The number of hydrogen-bond acceptors (Lipinski definition) is 3. The van der Waals surface area contributed by atoms with Crippen LogP contribution in [0.3, 0.4) is 0 Å². The van der Waals surface area contributed by atoms with Gasteiger partial charge in [-0.1, -0.05) is 13.8 Å². The zero-order chi connectivity index (χ0) is 15.6. The van der Waals surface area contributed by atoms with Gasteiger partial charge in [-0.2, -0.15) is 0 Å². The lowest BCUT2D eigenvalue weighted by Crippen LogP contribution is -2.33. The zero-order valence-electron chi connectivity index (χ0n) is 12.7. The number of carbonyl (C=O) groups is 2. The number of hydrogen-bond donors (Lipinski definition) is 2. The van der Waals surface area contributed by atoms with Gasteiger partial charge in [0.15, 0.2) is 0 Å². The van der Waals surface area contributed by atoms with Crippen molar-refractivity contribution in [3.63, 3.8) is 0 Å². The number of fused-ring (bicyclic) bond motifs is 1. The second-order valence-electron chi connectivity index (χ2n) is 5.85. The maximum Gasteiger partial charge on any atom is 0.306 e. The lowest BCUT2D eigenvalue weighted by atomic mass is 9.88. The highest BCUT2D eigenvalue weighted by Crippen LogP contribution is 2.25. The van der Waals surface area contributed by atoms with Crippen LogP contribution in [-0.4, -0.2) is 24.0 Å². The largest absolute Gasteiger partial charge is 0.469 e. The molecule has 0 bridgehead atoms. The summed E-state index contributed by atoms with van der Waals surface area (Å²) in [5.74, 6) is -0.605. The lowest BCUT2D eigenvalue weighted by molar-refractivity contribution is -0.145. The van der Waals surface area contributed by atoms with E-state index < -0.39 is 11.4 Å². The van der Waals surface area contributed by atoms with E-state index in [-0.39, 0.29) is 12.3 Å². The van der Waals surface area contributed by atoms with Gasteiger partial charge in [-0.05, 0) is 31.2 Å². The Bertz CT molecular complexity index is 686. The molecule has 0 fully saturated rings. The number of rotatable bonds is 4. The Balaban J connectivity index is 2.14. The molecule has 1 heterocycles. The van der Waals surface area contributed by atoms with Crippen molar-refractivity contribution in [1.29, 1.82) is 0 Å². The number of aryl methyl sites for hydroxylation is 1. The Morgan fingerprint density at radius 1 is 1.29 bits per heavy atom. The molecule has 0 aliphatic carbocycles. The number of anilines is 1. The fourth-order valence-electron chi connectivity index (χ4n) is 2.17. The average molecular weight is 288 g/mol. The summed E-state index contributed by atoms with van der Waals surface area (Å²) in [6, 6.07) is 7.69. The molecule has 0 aliphatic heterocycles. The number of benzene rings is 1. The molecular weight excluding hydrogens is 268 g/mol. The van der Waals surface area contributed by atoms with E-state index in [4.69, 9.17) is 0 Å². The second-order valence-corrected chi connectivity index (χ2v) is 5.85. The summed E-state index contributed by atoms with van der Waals surface area (Å²) in [6.07, 6.45) is 0.0425. The highest BCUT2D eigenvalue weighted by atomic mass is 16.5. The van der Waals surface area contributed by atoms with E-state index >= 15 is 0 Å². The number of amides is 1. The van der Waals surface area contributed by atoms with E-state index in [1.165, 1.54) is 7.11 Å². The molecule has 0 atom stereocenters. The summed E-state index contributed by atoms with van der Waals surface area (Å²) >= 11 is 0. The Kier molecular flexibility index (Phi) is 4.02. The second kappa shape index (κ2) is 5.60. The maximum absolute atomic E-state index is 12.3. The molecule has 1 aromatic carbocycles. The number of H-pyrrole nitrogens is 1. The van der Waals surface area contributed by atoms with Gasteiger partial charge in [0.05, 0.1) is 18.9 Å². The lowest BCUT2D eigenvalue weighted by Gasteiger charge is -2.22. The van der Waals surface area contributed by atoms with Crippen LogP contribution in [0.5, 0.6) is 0 Å². The average Bonchev–Trinajstić information content (AvgIpc) is 2.77. The van der Waals surface area contributed by atoms with Crippen molar-refractivity contribution in [2.24, 2.45) is 5.41 Å². The SMILES string of the molecule is COC(=O)CC(C)(C)C(=O)Nc1ccc2[nH]c(C)cc2c1. The first-order valence-corrected chi connectivity index (χ1v) is 6.79. The number of aromatic nitrogens is 1. The van der Waals surface area contributed by atoms with E-state index in [9.17, 15) is 9.59 Å². The van der Waals surface area contributed by atoms with Crippen molar-refractivity contribution in [3.05, 3.63) is 30.0 Å². The van der Waals surface area contributed by atoms with Gasteiger partial charge in [-0.3, -0.25) is 9.59 Å². The molecule has 0 radical (unpaired) electrons. The Morgan fingerprint density at radius 2 is 2.00 bits per heavy atom. The molecule has 2 aromatic rings. The van der Waals surface area contributed by atoms with Gasteiger partial charge in [0.2, 0.25) is 5.91 Å². The normalized spacial score (nSPS) is 11.4. The third kappa shape index (κ3) is 3.42. The van der Waals surface area contributed by atoms with Gasteiger partial charge in [0, 0.05) is 22.3 Å². The predicted octanol–water partition coefficient (Wildman–Crippen LogP) is 3.00. The molecule has 21 heavy (non-hydrogen) atoms. The molecule has 2 rings (SSSR count). The van der Waals surface area contributed by atoms with Crippen LogP contribution in [0.2, 0.25) is 0 Å². The van der Waals surface area contributed by atoms with Crippen molar-refractivity contribution in [3.8, 4) is 0 Å². The summed E-state index contributed by atoms with van der Waals surface area (Å²) in [4.78, 5) is 26.9. The molecule has 1 amide bonds. The minimum absolute atomic E-state index is 0.0425. The topological polar surface area (TPSA) is 71.2 Å². The maximum atomic E-state index is 12.3. The molecule has 0 saturated carbocycles. The van der Waals surface area contributed by atoms with E-state index in [2.05, 4.69) is 15.0 Å². The van der Waals surface area contributed by atoms with Crippen molar-refractivity contribution in [1.82, 2.24) is 4.98 Å². The number of carbonyl (C=O) groups excluding carboxylic acids is 2. The van der Waals surface area contributed by atoms with Crippen LogP contribution in [-0.2, 0) is 14.3 Å². The highest BCUT2D eigenvalue weighted by Gasteiger charge is 2.31. The van der Waals surface area contributed by atoms with Crippen LogP contribution in [0.25, 0.3) is 10.9 Å². The minimum atomic E-state index is -0.823. The molecule has 0 unspecified atom stereocenters. The Labute approximate surface area is 123 Å². The molecule has 5 nitrogen and oxygen atoms in total. The molecule has 5 heteroatoms. The molecule has 0 spiro atoms. The number of nitrogens with one attached hydrogen (secondary N) is 2. The first-order valence-electron chi connectivity index (χ1n) is 6.79. The van der Waals surface area contributed by atoms with Gasteiger partial charge in [0.25, 0.3) is 0 Å². The fraction of sp³-hybridized carbons (Fsp3) is 0.375. The summed E-state index contributed by atoms with van der Waals surface area (Å²) < 4.78 is 4.62.